The average Bonchev–Trinajstić information content (AvgIpc) is 3.19. The number of amides is 2. The third-order valence-corrected chi connectivity index (χ3v) is 8.48. The number of nitrogens with zero attached hydrogens (tertiary/aromatic N) is 3. The van der Waals surface area contributed by atoms with E-state index < -0.39 is 47.1 Å². The van der Waals surface area contributed by atoms with E-state index in [1.807, 2.05) is 6.07 Å². The number of nitrogens with two attached hydrogens (primary N) is 1. The van der Waals surface area contributed by atoms with Gasteiger partial charge in [0, 0.05) is 32.1 Å². The number of halogens is 2. The van der Waals surface area contributed by atoms with Crippen LogP contribution in [0.25, 0.3) is 0 Å². The molecule has 0 bridgehead atoms. The van der Waals surface area contributed by atoms with Crippen LogP contribution in [0.2, 0.25) is 0 Å². The van der Waals surface area contributed by atoms with Gasteiger partial charge < -0.3 is 52.4 Å². The third kappa shape index (κ3) is 25.0. The van der Waals surface area contributed by atoms with Crippen LogP contribution in [0.3, 0.4) is 0 Å². The van der Waals surface area contributed by atoms with Gasteiger partial charge in [-0.1, -0.05) is 18.6 Å². The number of rotatable bonds is 23. The minimum atomic E-state index is -1.06. The second-order valence-electron chi connectivity index (χ2n) is 13.7. The van der Waals surface area contributed by atoms with Crippen LogP contribution in [-0.4, -0.2) is 97.2 Å². The predicted octanol–water partition coefficient (Wildman–Crippen LogP) is 0.838. The van der Waals surface area contributed by atoms with E-state index in [2.05, 4.69) is 10.6 Å². The van der Waals surface area contributed by atoms with Crippen LogP contribution in [0.15, 0.2) is 48.5 Å². The number of nitrogens with one attached hydrogen (secondary N) is 4. The second kappa shape index (κ2) is 31.5. The molecule has 0 aromatic heterocycles. The Morgan fingerprint density at radius 3 is 1.58 bits per heavy atom. The van der Waals surface area contributed by atoms with Crippen molar-refractivity contribution < 1.29 is 78.5 Å². The number of methoxy groups -OCH3 is 2. The molecule has 2 amide bonds. The molecule has 322 valence electrons. The van der Waals surface area contributed by atoms with Crippen molar-refractivity contribution in [1.82, 2.24) is 16.0 Å². The molecule has 2 aromatic carbocycles. The number of ether oxygens (including phenoxy) is 4. The minimum absolute atomic E-state index is 0. The van der Waals surface area contributed by atoms with Gasteiger partial charge in [0.2, 0.25) is 0 Å². The SMILES string of the molecule is COC(C)(C)C(=O)N[C@@H](CCCCC(=N)CC#N)C(O)COc1cccc(F)c1.COC(C)(C)C(=O)N[C@@H](CCCN)C(O)COc1cccc(F)c1.N#CNC#N.[H-].[Na+]. The number of hydrogen-bond acceptors (Lipinski definition) is 14. The number of aliphatic hydroxyl groups is 2. The van der Waals surface area contributed by atoms with Gasteiger partial charge in [-0.15, -0.1) is 0 Å². The van der Waals surface area contributed by atoms with Gasteiger partial charge in [-0.3, -0.25) is 9.59 Å². The minimum Gasteiger partial charge on any atom is -1.00 e. The maximum atomic E-state index is 13.3. The Bertz CT molecular complexity index is 1660. The van der Waals surface area contributed by atoms with Gasteiger partial charge in [-0.2, -0.15) is 15.8 Å². The molecular formula is C40H59F2N8NaO8. The van der Waals surface area contributed by atoms with Crippen molar-refractivity contribution >= 4 is 17.5 Å². The van der Waals surface area contributed by atoms with Crippen molar-refractivity contribution in [3.63, 3.8) is 0 Å². The topological polar surface area (TPSA) is 269 Å². The Kier molecular flexibility index (Phi) is 30.3. The van der Waals surface area contributed by atoms with Crippen LogP contribution in [0.4, 0.5) is 8.78 Å². The Hall–Kier alpha value is -4.42. The van der Waals surface area contributed by atoms with Gasteiger partial charge in [0.25, 0.3) is 11.8 Å². The summed E-state index contributed by atoms with van der Waals surface area (Å²) in [6, 6.07) is 12.1. The first-order chi connectivity index (χ1) is 27.4. The molecule has 2 aromatic rings. The predicted molar refractivity (Wildman–Crippen MR) is 212 cm³/mol. The number of nitriles is 3. The molecule has 16 nitrogen and oxygen atoms in total. The second-order valence-corrected chi connectivity index (χ2v) is 13.7. The Morgan fingerprint density at radius 2 is 1.24 bits per heavy atom. The molecule has 2 rings (SSSR count). The van der Waals surface area contributed by atoms with Crippen LogP contribution in [0.1, 0.15) is 74.1 Å². The molecule has 59 heavy (non-hydrogen) atoms. The van der Waals surface area contributed by atoms with Gasteiger partial charge in [0.15, 0.2) is 12.4 Å². The van der Waals surface area contributed by atoms with Crippen LogP contribution in [0, 0.1) is 51.3 Å². The van der Waals surface area contributed by atoms with E-state index in [1.54, 1.807) is 45.1 Å². The van der Waals surface area contributed by atoms with Crippen LogP contribution < -0.4 is 60.7 Å². The van der Waals surface area contributed by atoms with Crippen LogP contribution in [-0.2, 0) is 19.1 Å². The summed E-state index contributed by atoms with van der Waals surface area (Å²) in [6.07, 6.45) is 4.32. The van der Waals surface area contributed by atoms with Gasteiger partial charge in [0.1, 0.15) is 59.8 Å². The summed E-state index contributed by atoms with van der Waals surface area (Å²) in [7, 11) is 2.87. The molecular weight excluding hydrogens is 781 g/mol. The summed E-state index contributed by atoms with van der Waals surface area (Å²) >= 11 is 0. The quantitative estimate of drug-likeness (QED) is 0.0269. The summed E-state index contributed by atoms with van der Waals surface area (Å²) in [5.74, 6) is -0.962. The molecule has 0 spiro atoms. The molecule has 0 aliphatic rings. The molecule has 0 saturated heterocycles. The first-order valence-electron chi connectivity index (χ1n) is 18.4. The van der Waals surface area contributed by atoms with Gasteiger partial charge >= 0.3 is 29.6 Å². The van der Waals surface area contributed by atoms with E-state index in [-0.39, 0.29) is 68.2 Å². The van der Waals surface area contributed by atoms with Crippen molar-refractivity contribution in [2.45, 2.75) is 108 Å². The van der Waals surface area contributed by atoms with E-state index in [0.717, 1.165) is 0 Å². The number of carbonyl (C=O) groups is 2. The largest absolute Gasteiger partial charge is 1.00 e. The van der Waals surface area contributed by atoms with Crippen LogP contribution in [0.5, 0.6) is 11.5 Å². The zero-order valence-corrected chi connectivity index (χ0v) is 37.0. The fourth-order valence-electron chi connectivity index (χ4n) is 4.55. The van der Waals surface area contributed by atoms with Gasteiger partial charge in [-0.25, -0.2) is 14.1 Å². The third-order valence-electron chi connectivity index (χ3n) is 8.48. The van der Waals surface area contributed by atoms with Crippen molar-refractivity contribution in [1.29, 1.82) is 21.2 Å². The molecule has 0 saturated carbocycles. The number of aliphatic hydroxyl groups excluding tert-OH is 2. The van der Waals surface area contributed by atoms with E-state index in [9.17, 15) is 28.6 Å². The molecule has 8 N–H and O–H groups in total. The molecule has 0 heterocycles. The zero-order chi connectivity index (χ0) is 44.1. The first-order valence-corrected chi connectivity index (χ1v) is 18.4. The Labute approximate surface area is 369 Å². The van der Waals surface area contributed by atoms with Crippen LogP contribution >= 0.6 is 0 Å². The van der Waals surface area contributed by atoms with Gasteiger partial charge in [-0.05, 0) is 90.6 Å². The summed E-state index contributed by atoms with van der Waals surface area (Å²) in [5.41, 5.74) is 3.80. The Balaban J connectivity index is -0.000000955. The maximum absolute atomic E-state index is 13.3. The number of benzene rings is 2. The van der Waals surface area contributed by atoms with E-state index in [0.29, 0.717) is 56.5 Å². The summed E-state index contributed by atoms with van der Waals surface area (Å²) in [6.45, 7) is 6.77. The van der Waals surface area contributed by atoms with Crippen molar-refractivity contribution in [3.8, 4) is 30.0 Å². The molecule has 19 heteroatoms. The van der Waals surface area contributed by atoms with Crippen molar-refractivity contribution in [2.75, 3.05) is 34.0 Å². The summed E-state index contributed by atoms with van der Waals surface area (Å²) in [5, 5.41) is 59.4. The van der Waals surface area contributed by atoms with Crippen molar-refractivity contribution in [3.05, 3.63) is 60.2 Å². The number of unbranched alkanes of at least 4 members (excludes halogenated alkanes) is 1. The first kappa shape index (κ1) is 56.7. The monoisotopic (exact) mass is 840 g/mol. The van der Waals surface area contributed by atoms with E-state index in [1.165, 1.54) is 63.0 Å². The fraction of sp³-hybridized carbons (Fsp3) is 0.550. The molecule has 0 radical (unpaired) electrons. The maximum Gasteiger partial charge on any atom is 1.00 e. The van der Waals surface area contributed by atoms with Gasteiger partial charge in [0.05, 0.1) is 24.6 Å². The zero-order valence-electron chi connectivity index (χ0n) is 36.0. The normalized spacial score (nSPS) is 12.5. The standard InChI is InChI=1S/C21H30FN3O4.C17H27FN2O4.C2HN3.Na.H/c1-21(2,28-3)20(27)25-18(10-5-4-8-16(24)11-12-23)19(26)14-29-17-9-6-7-15(22)13-17;1-17(2,23-3)16(22)20-14(8-5-9-19)15(21)11-24-13-7-4-6-12(18)10-13;3-1-5-2-4;;/h6-7,9,13,18-19,24,26H,4-5,8,10-11,14H2,1-3H3,(H,25,27);4,6-7,10,14-15,21H,5,8-9,11,19H2,1-3H3,(H,20,22);5H;;/q;;;+1;-1/t18-,19?;14-,15?;;;/m00.../s1. The fourth-order valence-corrected chi connectivity index (χ4v) is 4.55. The molecule has 2 unspecified atom stereocenters. The van der Waals surface area contributed by atoms with E-state index >= 15 is 0 Å². The molecule has 0 aliphatic carbocycles. The van der Waals surface area contributed by atoms with E-state index in [4.69, 9.17) is 45.9 Å². The summed E-state index contributed by atoms with van der Waals surface area (Å²) < 4.78 is 47.6. The smallest absolute Gasteiger partial charge is 1.00 e. The molecule has 4 atom stereocenters. The number of carbonyl (C=O) groups excluding carboxylic acids is 2. The average molecular weight is 841 g/mol. The number of hydrogen-bond donors (Lipinski definition) is 7. The molecule has 0 aliphatic heterocycles. The molecule has 0 fully saturated rings. The summed E-state index contributed by atoms with van der Waals surface area (Å²) in [4.78, 5) is 24.7. The van der Waals surface area contributed by atoms with Crippen molar-refractivity contribution in [2.24, 2.45) is 5.73 Å². The Morgan fingerprint density at radius 1 is 0.814 bits per heavy atom.